The molecule has 0 unspecified atom stereocenters. The predicted octanol–water partition coefficient (Wildman–Crippen LogP) is 3.37. The highest BCUT2D eigenvalue weighted by Gasteiger charge is 2.37. The number of methoxy groups -OCH3 is 2. The predicted molar refractivity (Wildman–Crippen MR) is 128 cm³/mol. The summed E-state index contributed by atoms with van der Waals surface area (Å²) in [5.74, 6) is 0.0731. The maximum Gasteiger partial charge on any atom is 0.335 e. The van der Waals surface area contributed by atoms with Crippen LogP contribution < -0.4 is 29.3 Å². The summed E-state index contributed by atoms with van der Waals surface area (Å²) >= 11 is 0. The molecule has 9 nitrogen and oxygen atoms in total. The lowest BCUT2D eigenvalue weighted by atomic mass is 10.0. The Bertz CT molecular complexity index is 1150. The minimum absolute atomic E-state index is 0.198. The Kier molecular flexibility index (Phi) is 6.72. The van der Waals surface area contributed by atoms with E-state index in [1.54, 1.807) is 37.4 Å². The molecule has 2 heterocycles. The topological polar surface area (TPSA) is 97.4 Å². The first-order chi connectivity index (χ1) is 16.5. The van der Waals surface area contributed by atoms with Crippen molar-refractivity contribution in [1.29, 1.82) is 0 Å². The van der Waals surface area contributed by atoms with Crippen LogP contribution in [0.2, 0.25) is 0 Å². The molecule has 2 saturated heterocycles. The lowest BCUT2D eigenvalue weighted by molar-refractivity contribution is -0.122. The van der Waals surface area contributed by atoms with Crippen molar-refractivity contribution in [2.45, 2.75) is 19.8 Å². The lowest BCUT2D eigenvalue weighted by Gasteiger charge is -2.27. The van der Waals surface area contributed by atoms with Crippen LogP contribution in [0.15, 0.2) is 42.0 Å². The number of hydrogen-bond acceptors (Lipinski definition) is 7. The molecule has 34 heavy (non-hydrogen) atoms. The number of carbonyl (C=O) groups is 3. The zero-order chi connectivity index (χ0) is 24.2. The first kappa shape index (κ1) is 23.2. The maximum atomic E-state index is 13.3. The number of nitrogens with one attached hydrogen (secondary N) is 1. The van der Waals surface area contributed by atoms with E-state index < -0.39 is 17.8 Å². The van der Waals surface area contributed by atoms with Gasteiger partial charge >= 0.3 is 6.03 Å². The van der Waals surface area contributed by atoms with E-state index in [1.165, 1.54) is 13.2 Å². The second-order valence-corrected chi connectivity index (χ2v) is 7.85. The highest BCUT2D eigenvalue weighted by atomic mass is 16.5. The quantitative estimate of drug-likeness (QED) is 0.495. The average molecular weight is 466 g/mol. The Morgan fingerprint density at radius 2 is 1.74 bits per heavy atom. The zero-order valence-corrected chi connectivity index (χ0v) is 19.4. The molecule has 4 rings (SSSR count). The number of anilines is 2. The van der Waals surface area contributed by atoms with Crippen LogP contribution in [0.4, 0.5) is 16.2 Å². The van der Waals surface area contributed by atoms with Gasteiger partial charge < -0.3 is 19.1 Å². The highest BCUT2D eigenvalue weighted by molar-refractivity contribution is 6.39. The number of barbiturate groups is 1. The van der Waals surface area contributed by atoms with Crippen molar-refractivity contribution in [2.24, 2.45) is 0 Å². The van der Waals surface area contributed by atoms with Gasteiger partial charge in [0.2, 0.25) is 0 Å². The van der Waals surface area contributed by atoms with Crippen LogP contribution in [0.3, 0.4) is 0 Å². The largest absolute Gasteiger partial charge is 0.496 e. The van der Waals surface area contributed by atoms with Gasteiger partial charge in [0.1, 0.15) is 22.8 Å². The van der Waals surface area contributed by atoms with Crippen LogP contribution in [-0.2, 0) is 9.59 Å². The van der Waals surface area contributed by atoms with Gasteiger partial charge in [-0.25, -0.2) is 9.69 Å². The van der Waals surface area contributed by atoms with E-state index in [0.29, 0.717) is 35.1 Å². The minimum atomic E-state index is -0.824. The van der Waals surface area contributed by atoms with E-state index in [-0.39, 0.29) is 5.57 Å². The second kappa shape index (κ2) is 9.86. The number of hydrogen-bond donors (Lipinski definition) is 1. The number of carbonyl (C=O) groups excluding carboxylic acids is 3. The monoisotopic (exact) mass is 465 g/mol. The Labute approximate surface area is 197 Å². The van der Waals surface area contributed by atoms with Crippen LogP contribution in [0.5, 0.6) is 17.2 Å². The molecule has 2 aliphatic rings. The SMILES string of the molecule is CCOc1cccc(N2C(=O)NC(=O)/C(=C\c3cc(OC)c(N4CCCC4)cc3OC)C2=O)c1. The van der Waals surface area contributed by atoms with Crippen molar-refractivity contribution in [3.63, 3.8) is 0 Å². The van der Waals surface area contributed by atoms with Crippen molar-refractivity contribution in [3.05, 3.63) is 47.5 Å². The van der Waals surface area contributed by atoms with Crippen molar-refractivity contribution in [3.8, 4) is 17.2 Å². The molecule has 0 saturated carbocycles. The van der Waals surface area contributed by atoms with Crippen LogP contribution in [0.1, 0.15) is 25.3 Å². The summed E-state index contributed by atoms with van der Waals surface area (Å²) in [7, 11) is 3.10. The molecule has 0 aliphatic carbocycles. The number of amides is 4. The Morgan fingerprint density at radius 3 is 2.41 bits per heavy atom. The summed E-state index contributed by atoms with van der Waals surface area (Å²) in [5.41, 5.74) is 1.47. The van der Waals surface area contributed by atoms with Crippen LogP contribution in [0, 0.1) is 0 Å². The van der Waals surface area contributed by atoms with Gasteiger partial charge in [0.05, 0.1) is 32.2 Å². The molecule has 0 aromatic heterocycles. The molecule has 4 amide bonds. The third-order valence-electron chi connectivity index (χ3n) is 5.77. The molecular weight excluding hydrogens is 438 g/mol. The fraction of sp³-hybridized carbons (Fsp3) is 0.320. The molecule has 2 fully saturated rings. The summed E-state index contributed by atoms with van der Waals surface area (Å²) in [6.45, 7) is 4.10. The molecule has 0 bridgehead atoms. The van der Waals surface area contributed by atoms with Crippen LogP contribution >= 0.6 is 0 Å². The molecule has 9 heteroatoms. The molecule has 2 aromatic rings. The summed E-state index contributed by atoms with van der Waals surface area (Å²) in [6.07, 6.45) is 3.61. The first-order valence-electron chi connectivity index (χ1n) is 11.1. The molecular formula is C25H27N3O6. The standard InChI is InChI=1S/C25H27N3O6/c1-4-34-18-9-7-8-17(14-18)28-24(30)19(23(29)26-25(28)31)12-16-13-22(33-3)20(15-21(16)32-2)27-10-5-6-11-27/h7-9,12-15H,4-6,10-11H2,1-3H3,(H,26,29,31)/b19-12+. The van der Waals surface area contributed by atoms with Gasteiger partial charge in [-0.2, -0.15) is 0 Å². The van der Waals surface area contributed by atoms with Gasteiger partial charge in [0, 0.05) is 30.8 Å². The van der Waals surface area contributed by atoms with Crippen LogP contribution in [0.25, 0.3) is 6.08 Å². The fourth-order valence-corrected chi connectivity index (χ4v) is 4.15. The average Bonchev–Trinajstić information content (AvgIpc) is 3.36. The van der Waals surface area contributed by atoms with E-state index in [1.807, 2.05) is 13.0 Å². The van der Waals surface area contributed by atoms with Gasteiger partial charge in [-0.1, -0.05) is 6.07 Å². The van der Waals surface area contributed by atoms with Gasteiger partial charge in [0.15, 0.2) is 0 Å². The zero-order valence-electron chi connectivity index (χ0n) is 19.4. The van der Waals surface area contributed by atoms with Crippen molar-refractivity contribution in [2.75, 3.05) is 43.7 Å². The molecule has 2 aliphatic heterocycles. The number of benzene rings is 2. The lowest BCUT2D eigenvalue weighted by Crippen LogP contribution is -2.54. The van der Waals surface area contributed by atoms with Crippen molar-refractivity contribution >= 4 is 35.3 Å². The number of nitrogens with zero attached hydrogens (tertiary/aromatic N) is 2. The minimum Gasteiger partial charge on any atom is -0.496 e. The van der Waals surface area contributed by atoms with Crippen molar-refractivity contribution < 1.29 is 28.6 Å². The number of rotatable bonds is 7. The Hall–Kier alpha value is -4.01. The van der Waals surface area contributed by atoms with E-state index >= 15 is 0 Å². The molecule has 0 atom stereocenters. The van der Waals surface area contributed by atoms with E-state index in [9.17, 15) is 14.4 Å². The highest BCUT2D eigenvalue weighted by Crippen LogP contribution is 2.38. The summed E-state index contributed by atoms with van der Waals surface area (Å²) in [5, 5.41) is 2.24. The van der Waals surface area contributed by atoms with E-state index in [4.69, 9.17) is 14.2 Å². The Balaban J connectivity index is 1.74. The normalized spacial score (nSPS) is 17.3. The van der Waals surface area contributed by atoms with Gasteiger partial charge in [-0.3, -0.25) is 14.9 Å². The summed E-state index contributed by atoms with van der Waals surface area (Å²) in [6, 6.07) is 9.32. The molecule has 2 aromatic carbocycles. The molecule has 0 radical (unpaired) electrons. The van der Waals surface area contributed by atoms with Gasteiger partial charge in [-0.05, 0) is 44.0 Å². The third kappa shape index (κ3) is 4.41. The van der Waals surface area contributed by atoms with Gasteiger partial charge in [-0.15, -0.1) is 0 Å². The van der Waals surface area contributed by atoms with Crippen molar-refractivity contribution in [1.82, 2.24) is 5.32 Å². The number of ether oxygens (including phenoxy) is 3. The maximum absolute atomic E-state index is 13.3. The molecule has 0 spiro atoms. The third-order valence-corrected chi connectivity index (χ3v) is 5.77. The number of imide groups is 2. The fourth-order valence-electron chi connectivity index (χ4n) is 4.15. The summed E-state index contributed by atoms with van der Waals surface area (Å²) in [4.78, 5) is 41.6. The Morgan fingerprint density at radius 1 is 1.00 bits per heavy atom. The smallest absolute Gasteiger partial charge is 0.335 e. The molecule has 178 valence electrons. The van der Waals surface area contributed by atoms with E-state index in [0.717, 1.165) is 36.5 Å². The second-order valence-electron chi connectivity index (χ2n) is 7.85. The van der Waals surface area contributed by atoms with E-state index in [2.05, 4.69) is 10.2 Å². The van der Waals surface area contributed by atoms with Gasteiger partial charge in [0.25, 0.3) is 11.8 Å². The summed E-state index contributed by atoms with van der Waals surface area (Å²) < 4.78 is 16.6. The molecule has 1 N–H and O–H groups in total. The number of urea groups is 1. The van der Waals surface area contributed by atoms with Crippen LogP contribution in [-0.4, -0.2) is 51.8 Å². The first-order valence-corrected chi connectivity index (χ1v) is 11.1.